The minimum absolute atomic E-state index is 0.244. The van der Waals surface area contributed by atoms with E-state index in [9.17, 15) is 0 Å². The fraction of sp³-hybridized carbons (Fsp3) is 0.688. The van der Waals surface area contributed by atoms with Crippen LogP contribution in [0.4, 0.5) is 0 Å². The van der Waals surface area contributed by atoms with Crippen LogP contribution in [0, 0.1) is 5.41 Å². The number of aromatic nitrogens is 2. The molecule has 2 heterocycles. The summed E-state index contributed by atoms with van der Waals surface area (Å²) in [6.45, 7) is 9.57. The number of rotatable bonds is 0. The smallest absolute Gasteiger partial charge is 0.194 e. The van der Waals surface area contributed by atoms with E-state index in [1.165, 1.54) is 42.0 Å². The largest absolute Gasteiger partial charge is 0.291 e. The van der Waals surface area contributed by atoms with Crippen molar-refractivity contribution in [1.82, 2.24) is 9.38 Å². The van der Waals surface area contributed by atoms with Gasteiger partial charge in [0.2, 0.25) is 0 Å². The zero-order valence-corrected chi connectivity index (χ0v) is 13.2. The quantitative estimate of drug-likeness (QED) is 0.706. The van der Waals surface area contributed by atoms with E-state index in [2.05, 4.69) is 32.1 Å². The van der Waals surface area contributed by atoms with Crippen LogP contribution in [0.3, 0.4) is 0 Å². The van der Waals surface area contributed by atoms with Crippen LogP contribution in [-0.2, 0) is 24.7 Å². The maximum atomic E-state index is 4.99. The summed E-state index contributed by atoms with van der Waals surface area (Å²) in [4.78, 5) is 7.83. The van der Waals surface area contributed by atoms with Crippen LogP contribution in [0.1, 0.15) is 62.5 Å². The Labute approximate surface area is 118 Å². The average molecular weight is 274 g/mol. The molecule has 0 unspecified atom stereocenters. The van der Waals surface area contributed by atoms with Crippen molar-refractivity contribution in [3.8, 4) is 0 Å². The number of hydrogen-bond donors (Lipinski definition) is 0. The Hall–Kier alpha value is -0.830. The molecule has 0 N–H and O–H groups in total. The molecule has 2 aromatic heterocycles. The maximum Gasteiger partial charge on any atom is 0.194 e. The number of aryl methyl sites for hydroxylation is 2. The Balaban J connectivity index is 2.03. The van der Waals surface area contributed by atoms with E-state index in [0.29, 0.717) is 5.41 Å². The van der Waals surface area contributed by atoms with Gasteiger partial charge < -0.3 is 0 Å². The van der Waals surface area contributed by atoms with Gasteiger partial charge in [-0.05, 0) is 37.5 Å². The van der Waals surface area contributed by atoms with Crippen molar-refractivity contribution in [2.45, 2.75) is 65.2 Å². The maximum absolute atomic E-state index is 4.99. The molecule has 0 radical (unpaired) electrons. The van der Waals surface area contributed by atoms with Crippen LogP contribution in [0.5, 0.6) is 0 Å². The third kappa shape index (κ3) is 1.57. The summed E-state index contributed by atoms with van der Waals surface area (Å²) in [5.41, 5.74) is 5.07. The van der Waals surface area contributed by atoms with Gasteiger partial charge in [0.25, 0.3) is 0 Å². The van der Waals surface area contributed by atoms with Crippen LogP contribution in [0.2, 0.25) is 0 Å². The van der Waals surface area contributed by atoms with Gasteiger partial charge in [-0.15, -0.1) is 11.3 Å². The zero-order valence-electron chi connectivity index (χ0n) is 12.3. The molecule has 2 nitrogen and oxygen atoms in total. The summed E-state index contributed by atoms with van der Waals surface area (Å²) in [7, 11) is 0. The predicted molar refractivity (Wildman–Crippen MR) is 80.2 cm³/mol. The van der Waals surface area contributed by atoms with E-state index in [1.54, 1.807) is 10.6 Å². The normalized spacial score (nSPS) is 23.6. The molecular weight excluding hydrogens is 252 g/mol. The van der Waals surface area contributed by atoms with Gasteiger partial charge in [-0.3, -0.25) is 4.40 Å². The Kier molecular flexibility index (Phi) is 2.16. The lowest BCUT2D eigenvalue weighted by Gasteiger charge is -2.40. The highest BCUT2D eigenvalue weighted by atomic mass is 32.1. The molecule has 0 atom stereocenters. The van der Waals surface area contributed by atoms with Gasteiger partial charge in [0.1, 0.15) is 0 Å². The van der Waals surface area contributed by atoms with E-state index in [-0.39, 0.29) is 5.41 Å². The molecule has 0 saturated heterocycles. The number of fused-ring (bicyclic) bond motifs is 5. The Morgan fingerprint density at radius 1 is 1.16 bits per heavy atom. The molecule has 19 heavy (non-hydrogen) atoms. The first-order valence-electron chi connectivity index (χ1n) is 7.40. The number of imidazole rings is 1. The van der Waals surface area contributed by atoms with Gasteiger partial charge in [0.05, 0.1) is 11.4 Å². The first-order valence-corrected chi connectivity index (χ1v) is 8.21. The second kappa shape index (κ2) is 3.43. The molecule has 0 aromatic carbocycles. The second-order valence-electron chi connectivity index (χ2n) is 7.75. The fourth-order valence-electron chi connectivity index (χ4n) is 4.53. The first-order chi connectivity index (χ1) is 8.87. The first kappa shape index (κ1) is 12.0. The Bertz CT molecular complexity index is 673. The second-order valence-corrected chi connectivity index (χ2v) is 8.81. The van der Waals surface area contributed by atoms with Gasteiger partial charge in [-0.1, -0.05) is 27.7 Å². The average Bonchev–Trinajstić information content (AvgIpc) is 2.83. The molecule has 0 aliphatic heterocycles. The molecule has 0 fully saturated rings. The van der Waals surface area contributed by atoms with Gasteiger partial charge in [0, 0.05) is 16.0 Å². The number of thiazole rings is 1. The lowest BCUT2D eigenvalue weighted by atomic mass is 9.66. The molecule has 0 bridgehead atoms. The zero-order chi connectivity index (χ0) is 13.4. The topological polar surface area (TPSA) is 17.3 Å². The molecule has 2 aromatic rings. The fourth-order valence-corrected chi connectivity index (χ4v) is 5.76. The molecule has 2 aliphatic rings. The van der Waals surface area contributed by atoms with Crippen LogP contribution in [0.25, 0.3) is 4.96 Å². The minimum Gasteiger partial charge on any atom is -0.291 e. The van der Waals surface area contributed by atoms with Crippen molar-refractivity contribution in [1.29, 1.82) is 0 Å². The highest BCUT2D eigenvalue weighted by Crippen LogP contribution is 2.47. The number of hydrogen-bond acceptors (Lipinski definition) is 2. The molecule has 3 heteroatoms. The van der Waals surface area contributed by atoms with E-state index >= 15 is 0 Å². The lowest BCUT2D eigenvalue weighted by Crippen LogP contribution is -2.35. The summed E-state index contributed by atoms with van der Waals surface area (Å²) in [6, 6.07) is 0. The highest BCUT2D eigenvalue weighted by Gasteiger charge is 2.41. The van der Waals surface area contributed by atoms with Gasteiger partial charge in [-0.25, -0.2) is 4.98 Å². The summed E-state index contributed by atoms with van der Waals surface area (Å²) in [5, 5.41) is 0. The highest BCUT2D eigenvalue weighted by molar-refractivity contribution is 7.17. The van der Waals surface area contributed by atoms with Gasteiger partial charge in [0.15, 0.2) is 4.96 Å². The molecule has 0 saturated carbocycles. The SMILES string of the molecule is CC1(C)Cc2nc3sc4c(n3c2C(C)(C)C1)CCC4. The van der Waals surface area contributed by atoms with Crippen molar-refractivity contribution in [2.24, 2.45) is 5.41 Å². The van der Waals surface area contributed by atoms with E-state index in [4.69, 9.17) is 4.98 Å². The Morgan fingerprint density at radius 2 is 1.95 bits per heavy atom. The van der Waals surface area contributed by atoms with Crippen molar-refractivity contribution >= 4 is 16.3 Å². The van der Waals surface area contributed by atoms with Gasteiger partial charge in [-0.2, -0.15) is 0 Å². The summed E-state index contributed by atoms with van der Waals surface area (Å²) < 4.78 is 2.53. The van der Waals surface area contributed by atoms with E-state index in [1.807, 2.05) is 11.3 Å². The lowest BCUT2D eigenvalue weighted by molar-refractivity contribution is 0.224. The van der Waals surface area contributed by atoms with Crippen molar-refractivity contribution < 1.29 is 0 Å². The predicted octanol–water partition coefficient (Wildman–Crippen LogP) is 4.13. The monoisotopic (exact) mass is 274 g/mol. The van der Waals surface area contributed by atoms with Crippen molar-refractivity contribution in [2.75, 3.05) is 0 Å². The van der Waals surface area contributed by atoms with Crippen molar-refractivity contribution in [3.05, 3.63) is 22.0 Å². The molecular formula is C16H22N2S. The minimum atomic E-state index is 0.244. The van der Waals surface area contributed by atoms with E-state index < -0.39 is 0 Å². The molecule has 2 aliphatic carbocycles. The summed E-state index contributed by atoms with van der Waals surface area (Å²) >= 11 is 1.93. The van der Waals surface area contributed by atoms with Crippen LogP contribution >= 0.6 is 11.3 Å². The van der Waals surface area contributed by atoms with Crippen molar-refractivity contribution in [3.63, 3.8) is 0 Å². The molecule has 0 amide bonds. The third-order valence-electron chi connectivity index (χ3n) is 4.75. The summed E-state index contributed by atoms with van der Waals surface area (Å²) in [6.07, 6.45) is 6.23. The van der Waals surface area contributed by atoms with E-state index in [0.717, 1.165) is 6.42 Å². The van der Waals surface area contributed by atoms with Gasteiger partial charge >= 0.3 is 0 Å². The molecule has 0 spiro atoms. The molecule has 4 rings (SSSR count). The third-order valence-corrected chi connectivity index (χ3v) is 5.89. The standard InChI is InChI=1S/C16H22N2S/c1-15(2)8-10-13(16(3,4)9-15)18-11-6-5-7-12(11)19-14(18)17-10/h5-9H2,1-4H3. The number of nitrogens with zero attached hydrogens (tertiary/aromatic N) is 2. The Morgan fingerprint density at radius 3 is 2.74 bits per heavy atom. The van der Waals surface area contributed by atoms with Crippen LogP contribution < -0.4 is 0 Å². The van der Waals surface area contributed by atoms with Crippen LogP contribution in [-0.4, -0.2) is 9.38 Å². The molecule has 102 valence electrons. The summed E-state index contributed by atoms with van der Waals surface area (Å²) in [5.74, 6) is 0. The van der Waals surface area contributed by atoms with Crippen LogP contribution in [0.15, 0.2) is 0 Å².